The minimum atomic E-state index is -4.47. The number of para-hydroxylation sites is 1. The van der Waals surface area contributed by atoms with Gasteiger partial charge in [-0.1, -0.05) is 17.7 Å². The van der Waals surface area contributed by atoms with Crippen LogP contribution in [0.2, 0.25) is 5.02 Å². The van der Waals surface area contributed by atoms with E-state index in [1.54, 1.807) is 10.7 Å². The van der Waals surface area contributed by atoms with E-state index in [2.05, 4.69) is 42.8 Å². The Hall–Kier alpha value is -2.41. The van der Waals surface area contributed by atoms with Gasteiger partial charge in [0.1, 0.15) is 9.22 Å². The summed E-state index contributed by atoms with van der Waals surface area (Å²) in [7, 11) is 0. The van der Waals surface area contributed by atoms with Crippen molar-refractivity contribution in [2.24, 2.45) is 0 Å². The highest BCUT2D eigenvalue weighted by atomic mass is 127. The number of fused-ring (bicyclic) bond motifs is 1. The number of ether oxygens (including phenoxy) is 1. The topological polar surface area (TPSA) is 70.7 Å². The molecule has 0 aliphatic rings. The molecule has 4 aromatic rings. The number of hydrogen-bond donors (Lipinski definition) is 0. The Kier molecular flexibility index (Phi) is 5.34. The van der Waals surface area contributed by atoms with Crippen LogP contribution in [0.1, 0.15) is 5.69 Å². The van der Waals surface area contributed by atoms with Crippen molar-refractivity contribution in [3.05, 3.63) is 57.3 Å². The van der Waals surface area contributed by atoms with Crippen LogP contribution in [0, 0.1) is 3.70 Å². The predicted molar refractivity (Wildman–Crippen MR) is 107 cm³/mol. The number of aryl methyl sites for hydroxylation is 2. The largest absolute Gasteiger partial charge is 0.435 e. The van der Waals surface area contributed by atoms with Gasteiger partial charge in [-0.2, -0.15) is 23.4 Å². The molecule has 0 amide bonds. The van der Waals surface area contributed by atoms with Crippen LogP contribution in [0.25, 0.3) is 10.9 Å². The quantitative estimate of drug-likeness (QED) is 0.344. The summed E-state index contributed by atoms with van der Waals surface area (Å²) in [6, 6.07) is 6.49. The number of rotatable bonds is 5. The van der Waals surface area contributed by atoms with Crippen molar-refractivity contribution >= 4 is 45.1 Å². The molecule has 0 saturated heterocycles. The molecule has 0 atom stereocenters. The van der Waals surface area contributed by atoms with Gasteiger partial charge >= 0.3 is 12.2 Å². The Morgan fingerprint density at radius 1 is 1.07 bits per heavy atom. The molecule has 12 heteroatoms. The maximum atomic E-state index is 12.7. The Morgan fingerprint density at radius 2 is 1.83 bits per heavy atom. The van der Waals surface area contributed by atoms with Gasteiger partial charge in [0.25, 0.3) is 0 Å². The average Bonchev–Trinajstić information content (AvgIpc) is 3.28. The Balaban J connectivity index is 1.62. The Morgan fingerprint density at radius 3 is 2.52 bits per heavy atom. The van der Waals surface area contributed by atoms with E-state index < -0.39 is 11.9 Å². The fourth-order valence-corrected chi connectivity index (χ4v) is 3.49. The van der Waals surface area contributed by atoms with Crippen molar-refractivity contribution in [2.45, 2.75) is 19.3 Å². The van der Waals surface area contributed by atoms with Crippen LogP contribution in [0.5, 0.6) is 11.8 Å². The van der Waals surface area contributed by atoms with Crippen LogP contribution < -0.4 is 4.74 Å². The lowest BCUT2D eigenvalue weighted by Crippen LogP contribution is -2.12. The summed E-state index contributed by atoms with van der Waals surface area (Å²) in [5, 5.41) is 9.26. The highest BCUT2D eigenvalue weighted by Gasteiger charge is 2.33. The number of alkyl halides is 3. The molecule has 0 N–H and O–H groups in total. The van der Waals surface area contributed by atoms with Crippen molar-refractivity contribution in [2.75, 3.05) is 0 Å². The summed E-state index contributed by atoms with van der Waals surface area (Å²) >= 11 is 7.89. The first-order valence-electron chi connectivity index (χ1n) is 8.22. The van der Waals surface area contributed by atoms with E-state index in [0.717, 1.165) is 15.2 Å². The molecule has 0 bridgehead atoms. The van der Waals surface area contributed by atoms with Crippen molar-refractivity contribution in [3.8, 4) is 11.8 Å². The third-order valence-corrected chi connectivity index (χ3v) is 4.95. The average molecular weight is 535 g/mol. The molecule has 3 aromatic heterocycles. The van der Waals surface area contributed by atoms with Crippen LogP contribution in [0.15, 0.2) is 42.9 Å². The van der Waals surface area contributed by atoms with Gasteiger partial charge in [0.15, 0.2) is 11.4 Å². The summed E-state index contributed by atoms with van der Waals surface area (Å²) in [5.41, 5.74) is -0.250. The van der Waals surface area contributed by atoms with Gasteiger partial charge in [-0.15, -0.1) is 0 Å². The Labute approximate surface area is 180 Å². The highest BCUT2D eigenvalue weighted by Crippen LogP contribution is 2.31. The lowest BCUT2D eigenvalue weighted by molar-refractivity contribution is -0.141. The maximum absolute atomic E-state index is 12.7. The van der Waals surface area contributed by atoms with E-state index in [1.807, 2.05) is 12.1 Å². The zero-order chi connectivity index (χ0) is 20.6. The minimum Gasteiger partial charge on any atom is -0.422 e. The lowest BCUT2D eigenvalue weighted by Gasteiger charge is -2.09. The molecule has 0 unspecified atom stereocenters. The number of aromatic nitrogens is 6. The molecule has 4 rings (SSSR count). The van der Waals surface area contributed by atoms with Gasteiger partial charge in [0.05, 0.1) is 30.5 Å². The summed E-state index contributed by atoms with van der Waals surface area (Å²) in [6.45, 7) is 0.495. The summed E-state index contributed by atoms with van der Waals surface area (Å²) < 4.78 is 47.6. The molecular weight excluding hydrogens is 524 g/mol. The molecule has 29 heavy (non-hydrogen) atoms. The van der Waals surface area contributed by atoms with Gasteiger partial charge in [-0.05, 0) is 40.8 Å². The molecule has 0 aliphatic carbocycles. The smallest absolute Gasteiger partial charge is 0.422 e. The van der Waals surface area contributed by atoms with Crippen molar-refractivity contribution in [1.82, 2.24) is 29.5 Å². The van der Waals surface area contributed by atoms with Crippen LogP contribution in [0.4, 0.5) is 13.2 Å². The molecule has 1 aromatic carbocycles. The molecule has 0 spiro atoms. The SMILES string of the molecule is FC(F)(F)c1ccn(CCn2nc(I)c3cccc(Oc4ncc(Cl)cn4)c32)n1. The maximum Gasteiger partial charge on any atom is 0.435 e. The normalized spacial score (nSPS) is 11.9. The molecule has 3 heterocycles. The molecule has 150 valence electrons. The minimum absolute atomic E-state index is 0.117. The predicted octanol–water partition coefficient (Wildman–Crippen LogP) is 4.79. The van der Waals surface area contributed by atoms with Gasteiger partial charge in [-0.3, -0.25) is 9.36 Å². The van der Waals surface area contributed by atoms with E-state index in [0.29, 0.717) is 22.8 Å². The first kappa shape index (κ1) is 19.9. The summed E-state index contributed by atoms with van der Waals surface area (Å²) in [6.07, 6.45) is -0.348. The van der Waals surface area contributed by atoms with E-state index in [1.165, 1.54) is 23.3 Å². The molecule has 0 aliphatic heterocycles. The van der Waals surface area contributed by atoms with Crippen LogP contribution >= 0.6 is 34.2 Å². The first-order chi connectivity index (χ1) is 13.8. The van der Waals surface area contributed by atoms with Gasteiger partial charge in [-0.25, -0.2) is 9.97 Å². The second kappa shape index (κ2) is 7.78. The summed E-state index contributed by atoms with van der Waals surface area (Å²) in [4.78, 5) is 8.04. The van der Waals surface area contributed by atoms with E-state index in [4.69, 9.17) is 16.3 Å². The van der Waals surface area contributed by atoms with Crippen LogP contribution in [-0.4, -0.2) is 29.5 Å². The molecule has 7 nitrogen and oxygen atoms in total. The number of benzene rings is 1. The van der Waals surface area contributed by atoms with Crippen molar-refractivity contribution in [1.29, 1.82) is 0 Å². The zero-order valence-corrected chi connectivity index (χ0v) is 17.4. The first-order valence-corrected chi connectivity index (χ1v) is 9.68. The molecule has 0 fully saturated rings. The van der Waals surface area contributed by atoms with Gasteiger partial charge in [0, 0.05) is 11.6 Å². The monoisotopic (exact) mass is 534 g/mol. The van der Waals surface area contributed by atoms with E-state index in [-0.39, 0.29) is 12.6 Å². The van der Waals surface area contributed by atoms with Crippen LogP contribution in [-0.2, 0) is 19.3 Å². The highest BCUT2D eigenvalue weighted by molar-refractivity contribution is 14.1. The van der Waals surface area contributed by atoms with Crippen molar-refractivity contribution in [3.63, 3.8) is 0 Å². The van der Waals surface area contributed by atoms with E-state index in [9.17, 15) is 13.2 Å². The van der Waals surface area contributed by atoms with Gasteiger partial charge in [0.2, 0.25) is 0 Å². The third kappa shape index (κ3) is 4.29. The molecular formula is C17H11ClF3IN6O. The van der Waals surface area contributed by atoms with E-state index >= 15 is 0 Å². The van der Waals surface area contributed by atoms with Crippen LogP contribution in [0.3, 0.4) is 0 Å². The fraction of sp³-hybridized carbons (Fsp3) is 0.176. The number of halogens is 5. The molecule has 0 radical (unpaired) electrons. The third-order valence-electron chi connectivity index (χ3n) is 3.96. The standard InChI is InChI=1S/C17H11ClF3IN6O/c18-10-8-23-16(24-9-10)29-12-3-1-2-11-14(12)28(26-15(11)22)7-6-27-5-4-13(25-27)17(19,20)21/h1-5,8-9H,6-7H2. The molecule has 0 saturated carbocycles. The lowest BCUT2D eigenvalue weighted by atomic mass is 10.2. The number of nitrogens with zero attached hydrogens (tertiary/aromatic N) is 6. The second-order valence-electron chi connectivity index (χ2n) is 5.91. The number of hydrogen-bond acceptors (Lipinski definition) is 5. The summed E-state index contributed by atoms with van der Waals surface area (Å²) in [5.74, 6) is 0.469. The fourth-order valence-electron chi connectivity index (χ4n) is 2.70. The van der Waals surface area contributed by atoms with Gasteiger partial charge < -0.3 is 4.74 Å². The van der Waals surface area contributed by atoms with Crippen molar-refractivity contribution < 1.29 is 17.9 Å². The second-order valence-corrected chi connectivity index (χ2v) is 7.37. The Bertz CT molecular complexity index is 1160. The zero-order valence-electron chi connectivity index (χ0n) is 14.4.